The molecule has 3 aliphatic heterocycles. The van der Waals surface area contributed by atoms with Crippen LogP contribution in [-0.4, -0.2) is 75.9 Å². The third kappa shape index (κ3) is 4.66. The van der Waals surface area contributed by atoms with E-state index in [0.29, 0.717) is 6.61 Å². The molecule has 3 heterocycles. The van der Waals surface area contributed by atoms with Crippen molar-refractivity contribution in [1.29, 1.82) is 0 Å². The largest absolute Gasteiger partial charge is 0.511 e. The Morgan fingerprint density at radius 3 is 2.52 bits per heavy atom. The Labute approximate surface area is 186 Å². The fourth-order valence-electron chi connectivity index (χ4n) is 4.93. The number of β-lactam (4-membered cyclic amide) rings is 1. The first-order valence-corrected chi connectivity index (χ1v) is 12.2. The molecule has 1 N–H and O–H groups in total. The summed E-state index contributed by atoms with van der Waals surface area (Å²) in [7, 11) is 0. The maximum Gasteiger partial charge on any atom is 0.511 e. The lowest BCUT2D eigenvalue weighted by atomic mass is 9.90. The second-order valence-corrected chi connectivity index (χ2v) is 10.0. The molecule has 31 heavy (non-hydrogen) atoms. The van der Waals surface area contributed by atoms with Crippen LogP contribution in [0.25, 0.3) is 0 Å². The lowest BCUT2D eigenvalue weighted by Crippen LogP contribution is -2.65. The molecule has 3 saturated heterocycles. The first kappa shape index (κ1) is 22.7. The number of amides is 1. The lowest BCUT2D eigenvalue weighted by Gasteiger charge is -2.45. The Balaban J connectivity index is 1.37. The summed E-state index contributed by atoms with van der Waals surface area (Å²) in [6, 6.07) is -0.832. The highest BCUT2D eigenvalue weighted by Crippen LogP contribution is 2.51. The first-order valence-electron chi connectivity index (χ1n) is 11.2. The van der Waals surface area contributed by atoms with Crippen LogP contribution in [0.5, 0.6) is 0 Å². The molecule has 1 amide bonds. The second-order valence-electron chi connectivity index (χ2n) is 8.75. The molecular weight excluding hydrogens is 426 g/mol. The summed E-state index contributed by atoms with van der Waals surface area (Å²) in [5, 5.41) is 9.40. The Morgan fingerprint density at radius 1 is 1.13 bits per heavy atom. The molecular formula is C21H31NO8S. The van der Waals surface area contributed by atoms with Crippen LogP contribution in [0.2, 0.25) is 0 Å². The number of rotatable bonds is 6. The van der Waals surface area contributed by atoms with Gasteiger partial charge in [-0.2, -0.15) is 0 Å². The molecule has 3 unspecified atom stereocenters. The van der Waals surface area contributed by atoms with E-state index in [2.05, 4.69) is 0 Å². The van der Waals surface area contributed by atoms with Gasteiger partial charge < -0.3 is 29.0 Å². The monoisotopic (exact) mass is 457 g/mol. The molecule has 10 heteroatoms. The molecule has 0 aromatic heterocycles. The molecule has 4 fully saturated rings. The molecule has 7 atom stereocenters. The molecule has 1 saturated carbocycles. The highest BCUT2D eigenvalue weighted by molar-refractivity contribution is 8.01. The van der Waals surface area contributed by atoms with E-state index in [9.17, 15) is 19.5 Å². The summed E-state index contributed by atoms with van der Waals surface area (Å²) in [5.74, 6) is -1.43. The Morgan fingerprint density at radius 2 is 1.87 bits per heavy atom. The van der Waals surface area contributed by atoms with Gasteiger partial charge in [0.25, 0.3) is 0 Å². The number of ether oxygens (including phenoxy) is 4. The van der Waals surface area contributed by atoms with Gasteiger partial charge in [-0.25, -0.2) is 9.59 Å². The van der Waals surface area contributed by atoms with E-state index in [1.54, 1.807) is 6.92 Å². The number of esters is 1. The van der Waals surface area contributed by atoms with Gasteiger partial charge >= 0.3 is 12.1 Å². The smallest absolute Gasteiger partial charge is 0.431 e. The lowest BCUT2D eigenvalue weighted by molar-refractivity contribution is -0.184. The highest BCUT2D eigenvalue weighted by atomic mass is 32.2. The minimum absolute atomic E-state index is 0.156. The van der Waals surface area contributed by atoms with Crippen molar-refractivity contribution in [3.05, 3.63) is 0 Å². The van der Waals surface area contributed by atoms with Crippen LogP contribution in [-0.2, 0) is 28.5 Å². The van der Waals surface area contributed by atoms with Gasteiger partial charge in [0.1, 0.15) is 12.1 Å². The Kier molecular flexibility index (Phi) is 6.98. The number of hydrogen-bond donors (Lipinski definition) is 1. The van der Waals surface area contributed by atoms with Crippen LogP contribution >= 0.6 is 11.8 Å². The van der Waals surface area contributed by atoms with Crippen LogP contribution in [0.15, 0.2) is 0 Å². The van der Waals surface area contributed by atoms with Gasteiger partial charge in [-0.1, -0.05) is 6.42 Å². The first-order chi connectivity index (χ1) is 14.9. The van der Waals surface area contributed by atoms with Gasteiger partial charge in [0.2, 0.25) is 12.2 Å². The van der Waals surface area contributed by atoms with Crippen molar-refractivity contribution in [2.45, 2.75) is 100 Å². The Hall–Kier alpha value is -1.52. The van der Waals surface area contributed by atoms with E-state index < -0.39 is 36.5 Å². The number of hydrogen-bond acceptors (Lipinski definition) is 9. The summed E-state index contributed by atoms with van der Waals surface area (Å²) in [4.78, 5) is 39.2. The number of fused-ring (bicyclic) bond motifs is 1. The van der Waals surface area contributed by atoms with Gasteiger partial charge in [0, 0.05) is 13.5 Å². The quantitative estimate of drug-likeness (QED) is 0.364. The van der Waals surface area contributed by atoms with Crippen LogP contribution in [0, 0.1) is 5.92 Å². The molecule has 1 aliphatic carbocycles. The van der Waals surface area contributed by atoms with Crippen molar-refractivity contribution in [2.24, 2.45) is 5.92 Å². The molecule has 174 valence electrons. The van der Waals surface area contributed by atoms with E-state index >= 15 is 0 Å². The number of aliphatic hydroxyl groups is 1. The third-order valence-corrected chi connectivity index (χ3v) is 8.16. The number of carbonyl (C=O) groups excluding carboxylic acids is 3. The van der Waals surface area contributed by atoms with Crippen molar-refractivity contribution in [2.75, 3.05) is 6.61 Å². The minimum Gasteiger partial charge on any atom is -0.431 e. The zero-order valence-electron chi connectivity index (χ0n) is 17.9. The third-order valence-electron chi connectivity index (χ3n) is 6.48. The van der Waals surface area contributed by atoms with Crippen LogP contribution < -0.4 is 0 Å². The Bertz CT molecular complexity index is 691. The summed E-state index contributed by atoms with van der Waals surface area (Å²) in [6.45, 7) is 3.66. The molecule has 0 aromatic rings. The van der Waals surface area contributed by atoms with Crippen molar-refractivity contribution in [1.82, 2.24) is 4.90 Å². The van der Waals surface area contributed by atoms with E-state index in [1.165, 1.54) is 23.6 Å². The summed E-state index contributed by atoms with van der Waals surface area (Å²) < 4.78 is 21.6. The van der Waals surface area contributed by atoms with E-state index in [4.69, 9.17) is 18.9 Å². The highest BCUT2D eigenvalue weighted by Gasteiger charge is 2.63. The van der Waals surface area contributed by atoms with Crippen LogP contribution in [0.3, 0.4) is 0 Å². The minimum atomic E-state index is -1.14. The normalized spacial score (nSPS) is 35.1. The molecule has 0 aromatic carbocycles. The van der Waals surface area contributed by atoms with E-state index in [0.717, 1.165) is 44.9 Å². The number of carbonyl (C=O) groups is 3. The average molecular weight is 458 g/mol. The van der Waals surface area contributed by atoms with E-state index in [-0.39, 0.29) is 28.7 Å². The molecule has 0 radical (unpaired) electrons. The van der Waals surface area contributed by atoms with Gasteiger partial charge in [-0.15, -0.1) is 11.8 Å². The number of thioether (sulfide) groups is 1. The maximum atomic E-state index is 13.0. The topological polar surface area (TPSA) is 112 Å². The van der Waals surface area contributed by atoms with Crippen LogP contribution in [0.1, 0.15) is 58.8 Å². The fourth-order valence-corrected chi connectivity index (χ4v) is 6.92. The fraction of sp³-hybridized carbons (Fsp3) is 0.857. The predicted octanol–water partition coefficient (Wildman–Crippen LogP) is 2.19. The number of aliphatic hydroxyl groups excluding tert-OH is 1. The zero-order chi connectivity index (χ0) is 22.1. The molecule has 0 spiro atoms. The summed E-state index contributed by atoms with van der Waals surface area (Å²) in [5.41, 5.74) is 0. The predicted molar refractivity (Wildman–Crippen MR) is 110 cm³/mol. The molecule has 4 aliphatic rings. The summed E-state index contributed by atoms with van der Waals surface area (Å²) >= 11 is 1.49. The second kappa shape index (κ2) is 9.54. The van der Waals surface area contributed by atoms with Crippen molar-refractivity contribution >= 4 is 29.8 Å². The van der Waals surface area contributed by atoms with Crippen LogP contribution in [0.4, 0.5) is 4.79 Å². The molecule has 0 bridgehead atoms. The molecule has 4 rings (SSSR count). The SMILES string of the molecule is CC(OC(=O)OC1CCCCC1)OC(=O)C1C([C@H]2CCCO2)S[C@@H]2[C@@H]([C@@H](C)O)C(=O)N12. The van der Waals surface area contributed by atoms with Crippen molar-refractivity contribution < 1.29 is 38.4 Å². The van der Waals surface area contributed by atoms with Gasteiger partial charge in [0.15, 0.2) is 0 Å². The van der Waals surface area contributed by atoms with Crippen molar-refractivity contribution in [3.63, 3.8) is 0 Å². The van der Waals surface area contributed by atoms with E-state index in [1.807, 2.05) is 0 Å². The maximum absolute atomic E-state index is 13.0. The standard InChI is InChI=1S/C21H31NO8S/c1-11(23)15-18(24)22-16(17(31-19(15)22)14-9-6-10-27-14)20(25)28-12(2)29-21(26)30-13-7-4-3-5-8-13/h11-17,19,23H,3-10H2,1-2H3/t11-,12?,14-,15+,16?,17?,19-/m1/s1. The number of nitrogens with zero attached hydrogens (tertiary/aromatic N) is 1. The van der Waals surface area contributed by atoms with Gasteiger partial charge in [0.05, 0.1) is 28.7 Å². The zero-order valence-corrected chi connectivity index (χ0v) is 18.8. The van der Waals surface area contributed by atoms with Gasteiger partial charge in [-0.05, 0) is 45.4 Å². The van der Waals surface area contributed by atoms with Gasteiger partial charge in [-0.3, -0.25) is 4.79 Å². The average Bonchev–Trinajstić information content (AvgIpc) is 3.34. The van der Waals surface area contributed by atoms with Crippen molar-refractivity contribution in [3.8, 4) is 0 Å². The summed E-state index contributed by atoms with van der Waals surface area (Å²) in [6.07, 6.45) is 3.40. The molecule has 9 nitrogen and oxygen atoms in total.